The number of aromatic nitrogens is 2. The first-order valence-corrected chi connectivity index (χ1v) is 22.5. The van der Waals surface area contributed by atoms with Crippen LogP contribution in [-0.2, 0) is 35.7 Å². The van der Waals surface area contributed by atoms with Gasteiger partial charge in [0, 0.05) is 18.9 Å². The Morgan fingerprint density at radius 1 is 0.983 bits per heavy atom. The molecule has 8 rings (SSSR count). The molecule has 0 spiro atoms. The molecule has 4 aliphatic carbocycles. The molecule has 2 aliphatic heterocycles. The van der Waals surface area contributed by atoms with Gasteiger partial charge in [-0.05, 0) is 88.2 Å². The zero-order chi connectivity index (χ0) is 40.8. The topological polar surface area (TPSA) is 204 Å². The minimum atomic E-state index is -3.92. The monoisotopic (exact) mass is 822 g/mol. The molecular formula is C41H54N6O10S. The number of rotatable bonds is 8. The third-order valence-corrected chi connectivity index (χ3v) is 15.0. The molecule has 3 N–H and O–H groups in total. The fourth-order valence-electron chi connectivity index (χ4n) is 9.70. The fourth-order valence-corrected chi connectivity index (χ4v) is 11.1. The van der Waals surface area contributed by atoms with Crippen LogP contribution in [0, 0.1) is 17.8 Å². The molecule has 2 aromatic rings. The van der Waals surface area contributed by atoms with Crippen LogP contribution >= 0.6 is 0 Å². The molecule has 5 fully saturated rings. The maximum absolute atomic E-state index is 14.9. The molecule has 314 valence electrons. The van der Waals surface area contributed by atoms with E-state index in [0.717, 1.165) is 51.4 Å². The molecule has 0 unspecified atom stereocenters. The van der Waals surface area contributed by atoms with Crippen molar-refractivity contribution in [1.82, 2.24) is 29.8 Å². The number of hydrogen-bond donors (Lipinski definition) is 3. The number of hydrogen-bond acceptors (Lipinski definition) is 11. The minimum absolute atomic E-state index is 0.0357. The molecule has 4 amide bonds. The van der Waals surface area contributed by atoms with E-state index in [2.05, 4.69) is 21.9 Å². The third kappa shape index (κ3) is 7.90. The number of nitrogens with one attached hydrogen (secondary N) is 3. The predicted octanol–water partition coefficient (Wildman–Crippen LogP) is 3.45. The summed E-state index contributed by atoms with van der Waals surface area (Å²) in [7, 11) is -2.43. The zero-order valence-electron chi connectivity index (χ0n) is 33.0. The highest BCUT2D eigenvalue weighted by Gasteiger charge is 2.62. The number of amides is 4. The van der Waals surface area contributed by atoms with E-state index >= 15 is 0 Å². The Morgan fingerprint density at radius 2 is 1.72 bits per heavy atom. The second-order valence-corrected chi connectivity index (χ2v) is 19.0. The van der Waals surface area contributed by atoms with Crippen LogP contribution in [0.5, 0.6) is 11.8 Å². The van der Waals surface area contributed by atoms with E-state index < -0.39 is 68.7 Å². The number of carbonyl (C=O) groups is 4. The van der Waals surface area contributed by atoms with Crippen LogP contribution in [0.2, 0.25) is 0 Å². The lowest BCUT2D eigenvalue weighted by atomic mass is 9.96. The summed E-state index contributed by atoms with van der Waals surface area (Å²) in [5.74, 6) is -2.20. The van der Waals surface area contributed by atoms with Crippen LogP contribution in [-0.4, -0.2) is 95.4 Å². The fraction of sp³-hybridized carbons (Fsp3) is 0.659. The van der Waals surface area contributed by atoms with Crippen LogP contribution in [0.25, 0.3) is 10.9 Å². The smallest absolute Gasteiger partial charge is 0.408 e. The minimum Gasteiger partial charge on any atom is -0.496 e. The summed E-state index contributed by atoms with van der Waals surface area (Å²) in [6, 6.07) is 3.01. The lowest BCUT2D eigenvalue weighted by Crippen LogP contribution is -2.59. The predicted molar refractivity (Wildman–Crippen MR) is 211 cm³/mol. The molecule has 58 heavy (non-hydrogen) atoms. The van der Waals surface area contributed by atoms with E-state index in [-0.39, 0.29) is 48.9 Å². The van der Waals surface area contributed by atoms with Gasteiger partial charge in [0.2, 0.25) is 21.8 Å². The quantitative estimate of drug-likeness (QED) is 0.329. The Morgan fingerprint density at radius 3 is 2.45 bits per heavy atom. The van der Waals surface area contributed by atoms with Crippen molar-refractivity contribution in [2.24, 2.45) is 17.8 Å². The van der Waals surface area contributed by atoms with Crippen molar-refractivity contribution in [3.8, 4) is 11.8 Å². The second kappa shape index (κ2) is 16.2. The Bertz CT molecular complexity index is 2130. The summed E-state index contributed by atoms with van der Waals surface area (Å²) in [6.45, 7) is 4.01. The summed E-state index contributed by atoms with van der Waals surface area (Å²) in [6.07, 6.45) is 9.67. The molecular weight excluding hydrogens is 769 g/mol. The number of sulfonamides is 1. The van der Waals surface area contributed by atoms with Gasteiger partial charge in [-0.25, -0.2) is 13.2 Å². The van der Waals surface area contributed by atoms with Gasteiger partial charge >= 0.3 is 6.09 Å². The zero-order valence-corrected chi connectivity index (χ0v) is 33.8. The Hall–Kier alpha value is -4.67. The number of ether oxygens (including phenoxy) is 3. The third-order valence-electron chi connectivity index (χ3n) is 13.2. The highest BCUT2D eigenvalue weighted by molar-refractivity contribution is 7.91. The first-order valence-electron chi connectivity index (χ1n) is 20.9. The van der Waals surface area contributed by atoms with Gasteiger partial charge in [0.1, 0.15) is 41.0 Å². The summed E-state index contributed by atoms with van der Waals surface area (Å²) < 4.78 is 47.4. The van der Waals surface area contributed by atoms with E-state index in [1.165, 1.54) is 22.7 Å². The van der Waals surface area contributed by atoms with Gasteiger partial charge in [0.25, 0.3) is 17.5 Å². The van der Waals surface area contributed by atoms with Gasteiger partial charge in [-0.15, -0.1) is 6.58 Å². The van der Waals surface area contributed by atoms with Crippen molar-refractivity contribution in [2.75, 3.05) is 13.7 Å². The van der Waals surface area contributed by atoms with Crippen molar-refractivity contribution in [1.29, 1.82) is 0 Å². The van der Waals surface area contributed by atoms with Crippen LogP contribution in [0.3, 0.4) is 0 Å². The van der Waals surface area contributed by atoms with Crippen LogP contribution in [0.4, 0.5) is 4.79 Å². The maximum Gasteiger partial charge on any atom is 0.408 e. The SMILES string of the molecule is C=C[C@@H]1C[C@]1(NC(=O)[C@@H]1C[C@@H]2CN1C(=O)[C@H](C1CCCC1)NC(=O)O[C@@H]1CCC[C@H]1CCCCCn1c(nc3cccc(OC)c3c1=O)O2)C(=O)NS(=O)(=O)C1CC1. The summed E-state index contributed by atoms with van der Waals surface area (Å²) in [5.41, 5.74) is -1.54. The van der Waals surface area contributed by atoms with E-state index in [1.807, 2.05) is 0 Å². The van der Waals surface area contributed by atoms with Crippen molar-refractivity contribution in [2.45, 2.75) is 138 Å². The molecule has 4 saturated carbocycles. The molecule has 17 heteroatoms. The highest BCUT2D eigenvalue weighted by Crippen LogP contribution is 2.46. The first-order chi connectivity index (χ1) is 27.9. The average molecular weight is 823 g/mol. The Labute approximate surface area is 337 Å². The molecule has 1 aromatic carbocycles. The number of methoxy groups -OCH3 is 1. The molecule has 6 aliphatic rings. The Balaban J connectivity index is 1.15. The first kappa shape index (κ1) is 40.1. The van der Waals surface area contributed by atoms with Gasteiger partial charge in [-0.1, -0.05) is 37.8 Å². The van der Waals surface area contributed by atoms with Crippen molar-refractivity contribution in [3.05, 3.63) is 41.2 Å². The summed E-state index contributed by atoms with van der Waals surface area (Å²) >= 11 is 0. The van der Waals surface area contributed by atoms with Crippen LogP contribution in [0.1, 0.15) is 96.3 Å². The van der Waals surface area contributed by atoms with Gasteiger partial charge in [0.15, 0.2) is 0 Å². The Kier molecular flexibility index (Phi) is 11.2. The largest absolute Gasteiger partial charge is 0.496 e. The van der Waals surface area contributed by atoms with Gasteiger partial charge in [-0.3, -0.25) is 28.5 Å². The van der Waals surface area contributed by atoms with Crippen molar-refractivity contribution >= 4 is 44.7 Å². The standard InChI is InChI=1S/C41H54N6O10S/c1-3-26-22-41(26,38(51)45-58(53,54)28-18-19-28)44-35(48)30-21-27-23-47(30)37(50)34(25-12-6-7-13-25)43-40(52)57-31-16-9-14-24(31)11-5-4-8-20-46-36(49)33-29(42-39(46)56-27)15-10-17-32(33)55-2/h3,10,15,17,24-28,30-31,34H,1,4-9,11-14,16,18-23H2,2H3,(H,43,52)(H,44,48)(H,45,51)/t24-,26-,27-,30+,31-,34+,41-/m1/s1. The highest BCUT2D eigenvalue weighted by atomic mass is 32.2. The molecule has 1 saturated heterocycles. The van der Waals surface area contributed by atoms with Gasteiger partial charge < -0.3 is 29.7 Å². The lowest BCUT2D eigenvalue weighted by molar-refractivity contribution is -0.142. The molecule has 16 nitrogen and oxygen atoms in total. The molecule has 2 bridgehead atoms. The number of alkyl carbamates (subject to hydrolysis) is 1. The number of fused-ring (bicyclic) bond motifs is 5. The van der Waals surface area contributed by atoms with Crippen molar-refractivity contribution < 1.29 is 41.8 Å². The van der Waals surface area contributed by atoms with E-state index in [4.69, 9.17) is 19.2 Å². The van der Waals surface area contributed by atoms with E-state index in [1.54, 1.807) is 18.2 Å². The lowest BCUT2D eigenvalue weighted by Gasteiger charge is -2.32. The molecule has 7 atom stereocenters. The van der Waals surface area contributed by atoms with E-state index in [9.17, 15) is 32.4 Å². The second-order valence-electron chi connectivity index (χ2n) is 17.0. The van der Waals surface area contributed by atoms with Crippen molar-refractivity contribution in [3.63, 3.8) is 0 Å². The normalized spacial score (nSPS) is 30.8. The molecule has 3 heterocycles. The van der Waals surface area contributed by atoms with Crippen LogP contribution < -0.4 is 30.4 Å². The number of nitrogens with zero attached hydrogens (tertiary/aromatic N) is 3. The van der Waals surface area contributed by atoms with E-state index in [0.29, 0.717) is 55.3 Å². The maximum atomic E-state index is 14.9. The molecule has 1 aromatic heterocycles. The molecule has 0 radical (unpaired) electrons. The summed E-state index contributed by atoms with van der Waals surface area (Å²) in [4.78, 5) is 77.0. The van der Waals surface area contributed by atoms with Gasteiger partial charge in [-0.2, -0.15) is 4.98 Å². The van der Waals surface area contributed by atoms with Crippen LogP contribution in [0.15, 0.2) is 35.6 Å². The number of benzene rings is 1. The number of carbonyl (C=O) groups excluding carboxylic acids is 4. The summed E-state index contributed by atoms with van der Waals surface area (Å²) in [5, 5.41) is 5.40. The average Bonchev–Trinajstić information content (AvgIpc) is 3.99. The van der Waals surface area contributed by atoms with Gasteiger partial charge in [0.05, 0.1) is 24.4 Å².